The van der Waals surface area contributed by atoms with Crippen LogP contribution in [-0.4, -0.2) is 13.5 Å². The standard InChI is InChI=1S/C14H11ClF3NO3S/c1-8-2-4-10(5-3-8)23(21,22)19-12-7-9(14(16,17)18)6-11(15)13(12)20/h2-7,19-20H,1H3. The molecule has 2 aromatic rings. The number of nitrogens with one attached hydrogen (secondary N) is 1. The van der Waals surface area contributed by atoms with Crippen LogP contribution in [0, 0.1) is 6.92 Å². The lowest BCUT2D eigenvalue weighted by Crippen LogP contribution is -2.14. The van der Waals surface area contributed by atoms with Crippen molar-refractivity contribution in [2.75, 3.05) is 4.72 Å². The van der Waals surface area contributed by atoms with Crippen LogP contribution in [0.15, 0.2) is 41.3 Å². The maximum atomic E-state index is 12.8. The summed E-state index contributed by atoms with van der Waals surface area (Å²) in [6, 6.07) is 6.66. The van der Waals surface area contributed by atoms with Crippen molar-refractivity contribution in [1.29, 1.82) is 0 Å². The monoisotopic (exact) mass is 365 g/mol. The van der Waals surface area contributed by atoms with Gasteiger partial charge in [0.15, 0.2) is 5.75 Å². The molecule has 0 saturated carbocycles. The van der Waals surface area contributed by atoms with Crippen LogP contribution in [0.25, 0.3) is 0 Å². The third kappa shape index (κ3) is 3.89. The molecule has 0 amide bonds. The largest absolute Gasteiger partial charge is 0.504 e. The third-order valence-electron chi connectivity index (χ3n) is 2.97. The number of phenolic OH excluding ortho intramolecular Hbond substituents is 1. The molecule has 0 fully saturated rings. The number of rotatable bonds is 3. The second kappa shape index (κ2) is 5.93. The fraction of sp³-hybridized carbons (Fsp3) is 0.143. The Kier molecular flexibility index (Phi) is 4.50. The molecule has 4 nitrogen and oxygen atoms in total. The Bertz CT molecular complexity index is 834. The molecule has 23 heavy (non-hydrogen) atoms. The number of sulfonamides is 1. The van der Waals surface area contributed by atoms with Crippen LogP contribution in [0.1, 0.15) is 11.1 Å². The number of hydrogen-bond acceptors (Lipinski definition) is 3. The van der Waals surface area contributed by atoms with Crippen molar-refractivity contribution in [1.82, 2.24) is 0 Å². The summed E-state index contributed by atoms with van der Waals surface area (Å²) in [5.41, 5.74) is -1.01. The van der Waals surface area contributed by atoms with Crippen LogP contribution >= 0.6 is 11.6 Å². The Morgan fingerprint density at radius 1 is 1.13 bits per heavy atom. The van der Waals surface area contributed by atoms with Gasteiger partial charge in [0.05, 0.1) is 21.2 Å². The normalized spacial score (nSPS) is 12.2. The van der Waals surface area contributed by atoms with Gasteiger partial charge in [-0.25, -0.2) is 8.42 Å². The Balaban J connectivity index is 2.47. The highest BCUT2D eigenvalue weighted by Crippen LogP contribution is 2.40. The average molecular weight is 366 g/mol. The summed E-state index contributed by atoms with van der Waals surface area (Å²) < 4.78 is 64.6. The van der Waals surface area contributed by atoms with Crippen molar-refractivity contribution < 1.29 is 26.7 Å². The van der Waals surface area contributed by atoms with E-state index in [4.69, 9.17) is 11.6 Å². The van der Waals surface area contributed by atoms with Gasteiger partial charge in [-0.3, -0.25) is 4.72 Å². The summed E-state index contributed by atoms with van der Waals surface area (Å²) >= 11 is 5.54. The fourth-order valence-electron chi connectivity index (χ4n) is 1.76. The number of alkyl halides is 3. The third-order valence-corrected chi connectivity index (χ3v) is 4.64. The first-order chi connectivity index (χ1) is 10.5. The van der Waals surface area contributed by atoms with Gasteiger partial charge in [-0.1, -0.05) is 29.3 Å². The molecule has 0 aliphatic carbocycles. The Morgan fingerprint density at radius 2 is 1.70 bits per heavy atom. The molecule has 0 aliphatic rings. The Morgan fingerprint density at radius 3 is 2.22 bits per heavy atom. The minimum Gasteiger partial charge on any atom is -0.504 e. The lowest BCUT2D eigenvalue weighted by atomic mass is 10.2. The summed E-state index contributed by atoms with van der Waals surface area (Å²) in [4.78, 5) is -0.156. The molecular formula is C14H11ClF3NO3S. The van der Waals surface area contributed by atoms with Crippen molar-refractivity contribution >= 4 is 27.3 Å². The molecule has 0 radical (unpaired) electrons. The summed E-state index contributed by atoms with van der Waals surface area (Å²) in [7, 11) is -4.17. The number of aryl methyl sites for hydroxylation is 1. The van der Waals surface area contributed by atoms with E-state index < -0.39 is 38.2 Å². The minimum atomic E-state index is -4.73. The van der Waals surface area contributed by atoms with Gasteiger partial charge in [0.25, 0.3) is 10.0 Å². The zero-order valence-corrected chi connectivity index (χ0v) is 13.2. The Hall–Kier alpha value is -1.93. The molecule has 0 saturated heterocycles. The summed E-state index contributed by atoms with van der Waals surface area (Å²) in [6.07, 6.45) is -4.73. The average Bonchev–Trinajstić information content (AvgIpc) is 2.42. The van der Waals surface area contributed by atoms with Crippen LogP contribution in [0.4, 0.5) is 18.9 Å². The SMILES string of the molecule is Cc1ccc(S(=O)(=O)Nc2cc(C(F)(F)F)cc(Cl)c2O)cc1. The minimum absolute atomic E-state index is 0.156. The highest BCUT2D eigenvalue weighted by atomic mass is 35.5. The van der Waals surface area contributed by atoms with Gasteiger partial charge in [0.1, 0.15) is 0 Å². The van der Waals surface area contributed by atoms with E-state index >= 15 is 0 Å². The molecule has 2 aromatic carbocycles. The van der Waals surface area contributed by atoms with E-state index in [1.807, 2.05) is 4.72 Å². The molecule has 2 N–H and O–H groups in total. The molecule has 0 atom stereocenters. The number of aromatic hydroxyl groups is 1. The van der Waals surface area contributed by atoms with Crippen molar-refractivity contribution in [3.63, 3.8) is 0 Å². The highest BCUT2D eigenvalue weighted by molar-refractivity contribution is 7.92. The van der Waals surface area contributed by atoms with Crippen LogP contribution in [-0.2, 0) is 16.2 Å². The maximum absolute atomic E-state index is 12.8. The van der Waals surface area contributed by atoms with Crippen LogP contribution in [0.5, 0.6) is 5.75 Å². The molecule has 0 unspecified atom stereocenters. The van der Waals surface area contributed by atoms with Gasteiger partial charge >= 0.3 is 6.18 Å². The quantitative estimate of drug-likeness (QED) is 0.802. The molecule has 0 spiro atoms. The zero-order valence-electron chi connectivity index (χ0n) is 11.6. The van der Waals surface area contributed by atoms with E-state index in [9.17, 15) is 26.7 Å². The summed E-state index contributed by atoms with van der Waals surface area (Å²) in [6.45, 7) is 1.75. The van der Waals surface area contributed by atoms with Crippen molar-refractivity contribution in [2.24, 2.45) is 0 Å². The van der Waals surface area contributed by atoms with Gasteiger partial charge in [-0.05, 0) is 31.2 Å². The molecule has 2 rings (SSSR count). The number of halogens is 4. The van der Waals surface area contributed by atoms with E-state index in [0.29, 0.717) is 12.1 Å². The molecule has 0 aliphatic heterocycles. The van der Waals surface area contributed by atoms with Crippen LogP contribution in [0.2, 0.25) is 5.02 Å². The molecule has 9 heteroatoms. The zero-order chi connectivity index (χ0) is 17.4. The van der Waals surface area contributed by atoms with Crippen LogP contribution in [0.3, 0.4) is 0 Å². The molecule has 124 valence electrons. The van der Waals surface area contributed by atoms with E-state index in [1.165, 1.54) is 24.3 Å². The number of anilines is 1. The number of phenols is 1. The van der Waals surface area contributed by atoms with E-state index in [2.05, 4.69) is 0 Å². The van der Waals surface area contributed by atoms with Gasteiger partial charge in [0, 0.05) is 0 Å². The lowest BCUT2D eigenvalue weighted by Gasteiger charge is -2.14. The van der Waals surface area contributed by atoms with Gasteiger partial charge in [-0.15, -0.1) is 0 Å². The van der Waals surface area contributed by atoms with Gasteiger partial charge in [-0.2, -0.15) is 13.2 Å². The highest BCUT2D eigenvalue weighted by Gasteiger charge is 2.32. The lowest BCUT2D eigenvalue weighted by molar-refractivity contribution is -0.137. The van der Waals surface area contributed by atoms with Gasteiger partial charge < -0.3 is 5.11 Å². The fourth-order valence-corrected chi connectivity index (χ4v) is 3.04. The number of benzene rings is 2. The van der Waals surface area contributed by atoms with E-state index in [-0.39, 0.29) is 4.90 Å². The van der Waals surface area contributed by atoms with E-state index in [1.54, 1.807) is 6.92 Å². The Labute approximate surface area is 135 Å². The van der Waals surface area contributed by atoms with Crippen molar-refractivity contribution in [3.8, 4) is 5.75 Å². The van der Waals surface area contributed by atoms with Crippen LogP contribution < -0.4 is 4.72 Å². The van der Waals surface area contributed by atoms with Crippen molar-refractivity contribution in [2.45, 2.75) is 18.0 Å². The molecule has 0 heterocycles. The second-order valence-electron chi connectivity index (χ2n) is 4.77. The van der Waals surface area contributed by atoms with E-state index in [0.717, 1.165) is 5.56 Å². The molecular weight excluding hydrogens is 355 g/mol. The summed E-state index contributed by atoms with van der Waals surface area (Å²) in [5.74, 6) is -0.782. The molecule has 0 bridgehead atoms. The summed E-state index contributed by atoms with van der Waals surface area (Å²) in [5, 5.41) is 9.11. The first-order valence-corrected chi connectivity index (χ1v) is 8.06. The maximum Gasteiger partial charge on any atom is 0.416 e. The van der Waals surface area contributed by atoms with Crippen molar-refractivity contribution in [3.05, 3.63) is 52.5 Å². The smallest absolute Gasteiger partial charge is 0.416 e. The predicted molar refractivity (Wildman–Crippen MR) is 80.1 cm³/mol. The molecule has 0 aromatic heterocycles. The first kappa shape index (κ1) is 17.4. The van der Waals surface area contributed by atoms with Gasteiger partial charge in [0.2, 0.25) is 0 Å². The second-order valence-corrected chi connectivity index (χ2v) is 6.86. The first-order valence-electron chi connectivity index (χ1n) is 6.20. The predicted octanol–water partition coefficient (Wildman–Crippen LogP) is 4.17. The topological polar surface area (TPSA) is 66.4 Å². The number of hydrogen-bond donors (Lipinski definition) is 2.